The van der Waals surface area contributed by atoms with Crippen molar-refractivity contribution in [2.24, 2.45) is 0 Å². The van der Waals surface area contributed by atoms with Gasteiger partial charge in [-0.3, -0.25) is 5.32 Å². The molecule has 1 amide bonds. The third-order valence-electron chi connectivity index (χ3n) is 4.53. The summed E-state index contributed by atoms with van der Waals surface area (Å²) in [5, 5.41) is 23.0. The highest BCUT2D eigenvalue weighted by Crippen LogP contribution is 2.25. The van der Waals surface area contributed by atoms with Crippen molar-refractivity contribution in [3.05, 3.63) is 60.2 Å². The zero-order valence-electron chi connectivity index (χ0n) is 16.1. The number of rotatable bonds is 7. The van der Waals surface area contributed by atoms with Gasteiger partial charge in [-0.05, 0) is 50.9 Å². The largest absolute Gasteiger partial charge is 0.491 e. The summed E-state index contributed by atoms with van der Waals surface area (Å²) >= 11 is 0. The second-order valence-corrected chi connectivity index (χ2v) is 7.35. The summed E-state index contributed by atoms with van der Waals surface area (Å²) in [6, 6.07) is 16.0. The number of ether oxygens (including phenoxy) is 1. The molecule has 27 heavy (non-hydrogen) atoms. The fourth-order valence-corrected chi connectivity index (χ4v) is 2.10. The highest BCUT2D eigenvalue weighted by Gasteiger charge is 2.39. The topological polar surface area (TPSA) is 88.0 Å². The Kier molecular flexibility index (Phi) is 6.65. The molecule has 0 aromatic heterocycles. The number of hydrogen-bond acceptors (Lipinski definition) is 5. The smallest absolute Gasteiger partial charge is 0.444 e. The van der Waals surface area contributed by atoms with E-state index >= 15 is 0 Å². The molecular weight excluding hydrogens is 345 g/mol. The summed E-state index contributed by atoms with van der Waals surface area (Å²) in [6.45, 7) is 6.83. The van der Waals surface area contributed by atoms with Crippen molar-refractivity contribution < 1.29 is 24.3 Å². The lowest BCUT2D eigenvalue weighted by Crippen LogP contribution is -2.53. The molecule has 0 heterocycles. The number of aliphatic hydroxyl groups is 1. The van der Waals surface area contributed by atoms with Crippen molar-refractivity contribution in [2.45, 2.75) is 45.5 Å². The van der Waals surface area contributed by atoms with E-state index in [1.54, 1.807) is 52.0 Å². The summed E-state index contributed by atoms with van der Waals surface area (Å²) < 4.78 is 10.8. The van der Waals surface area contributed by atoms with Crippen LogP contribution in [0, 0.1) is 0 Å². The van der Waals surface area contributed by atoms with Gasteiger partial charge >= 0.3 is 13.2 Å². The summed E-state index contributed by atoms with van der Waals surface area (Å²) in [5.74, 6) is 0. The van der Waals surface area contributed by atoms with Gasteiger partial charge in [-0.1, -0.05) is 42.5 Å². The minimum absolute atomic E-state index is 0.184. The molecule has 7 heteroatoms. The van der Waals surface area contributed by atoms with Crippen molar-refractivity contribution in [1.82, 2.24) is 0 Å². The molecule has 0 bridgehead atoms. The molecule has 2 aromatic carbocycles. The lowest BCUT2D eigenvalue weighted by Gasteiger charge is -2.38. The van der Waals surface area contributed by atoms with Crippen LogP contribution < -0.4 is 10.8 Å². The Morgan fingerprint density at radius 3 is 2.19 bits per heavy atom. The van der Waals surface area contributed by atoms with E-state index in [4.69, 9.17) is 9.39 Å². The number of carbonyl (C=O) groups is 1. The van der Waals surface area contributed by atoms with E-state index in [0.29, 0.717) is 11.2 Å². The summed E-state index contributed by atoms with van der Waals surface area (Å²) in [7, 11) is -1.20. The van der Waals surface area contributed by atoms with Gasteiger partial charge in [0.05, 0.1) is 11.2 Å². The van der Waals surface area contributed by atoms with Gasteiger partial charge in [0.1, 0.15) is 6.61 Å². The molecular formula is C20H26BNO5. The molecule has 2 aromatic rings. The van der Waals surface area contributed by atoms with E-state index in [9.17, 15) is 14.9 Å². The average Bonchev–Trinajstić information content (AvgIpc) is 2.60. The number of anilines is 1. The molecule has 6 nitrogen and oxygen atoms in total. The van der Waals surface area contributed by atoms with Gasteiger partial charge < -0.3 is 19.5 Å². The third-order valence-corrected chi connectivity index (χ3v) is 4.53. The van der Waals surface area contributed by atoms with Crippen LogP contribution in [0.5, 0.6) is 0 Å². The molecule has 144 valence electrons. The predicted octanol–water partition coefficient (Wildman–Crippen LogP) is 2.69. The Bertz CT molecular complexity index is 741. The van der Waals surface area contributed by atoms with Gasteiger partial charge in [-0.2, -0.15) is 0 Å². The number of amides is 1. The first-order valence-electron chi connectivity index (χ1n) is 8.74. The molecule has 0 aliphatic carbocycles. The van der Waals surface area contributed by atoms with Crippen LogP contribution in [0.1, 0.15) is 33.3 Å². The number of benzene rings is 2. The highest BCUT2D eigenvalue weighted by molar-refractivity contribution is 6.60. The molecule has 0 saturated carbocycles. The summed E-state index contributed by atoms with van der Waals surface area (Å²) in [6.07, 6.45) is -0.563. The molecule has 0 aliphatic rings. The van der Waals surface area contributed by atoms with Crippen LogP contribution in [0.25, 0.3) is 0 Å². The number of hydrogen-bond donors (Lipinski definition) is 3. The molecule has 0 fully saturated rings. The molecule has 0 aliphatic heterocycles. The molecule has 0 unspecified atom stereocenters. The van der Waals surface area contributed by atoms with E-state index < -0.39 is 24.4 Å². The van der Waals surface area contributed by atoms with Crippen molar-refractivity contribution in [3.8, 4) is 0 Å². The van der Waals surface area contributed by atoms with Crippen molar-refractivity contribution in [1.29, 1.82) is 0 Å². The fourth-order valence-electron chi connectivity index (χ4n) is 2.10. The first-order valence-corrected chi connectivity index (χ1v) is 8.74. The molecule has 2 rings (SSSR count). The van der Waals surface area contributed by atoms with Gasteiger partial charge in [0.15, 0.2) is 0 Å². The molecule has 0 saturated heterocycles. The molecule has 0 atom stereocenters. The van der Waals surface area contributed by atoms with Gasteiger partial charge in [-0.15, -0.1) is 0 Å². The van der Waals surface area contributed by atoms with Crippen LogP contribution in [-0.4, -0.2) is 34.5 Å². The number of carbonyl (C=O) groups excluding carboxylic acids is 1. The Morgan fingerprint density at radius 2 is 1.63 bits per heavy atom. The van der Waals surface area contributed by atoms with Crippen LogP contribution in [0.3, 0.4) is 0 Å². The van der Waals surface area contributed by atoms with Gasteiger partial charge in [0.25, 0.3) is 0 Å². The molecule has 3 N–H and O–H groups in total. The zero-order valence-corrected chi connectivity index (χ0v) is 16.1. The lowest BCUT2D eigenvalue weighted by atomic mass is 9.76. The van der Waals surface area contributed by atoms with Crippen LogP contribution >= 0.6 is 0 Å². The fraction of sp³-hybridized carbons (Fsp3) is 0.350. The van der Waals surface area contributed by atoms with Gasteiger partial charge in [0, 0.05) is 5.69 Å². The molecule has 0 spiro atoms. The van der Waals surface area contributed by atoms with E-state index in [1.807, 2.05) is 30.3 Å². The average molecular weight is 371 g/mol. The monoisotopic (exact) mass is 371 g/mol. The Morgan fingerprint density at radius 1 is 1.04 bits per heavy atom. The number of nitrogens with one attached hydrogen (secondary N) is 1. The normalized spacial score (nSPS) is 11.8. The van der Waals surface area contributed by atoms with E-state index in [2.05, 4.69) is 5.32 Å². The summed E-state index contributed by atoms with van der Waals surface area (Å²) in [5.41, 5.74) is -0.137. The van der Waals surface area contributed by atoms with Gasteiger partial charge in [0.2, 0.25) is 0 Å². The maximum atomic E-state index is 11.9. The second kappa shape index (κ2) is 8.56. The van der Waals surface area contributed by atoms with Gasteiger partial charge in [-0.25, -0.2) is 4.79 Å². The highest BCUT2D eigenvalue weighted by atomic mass is 16.6. The standard InChI is InChI=1S/C20H26BNO5/c1-19(2,24)20(3,4)27-21(25)16-10-12-17(13-11-16)22-18(23)26-14-15-8-6-5-7-9-15/h5-13,24-25H,14H2,1-4H3,(H,22,23). The summed E-state index contributed by atoms with van der Waals surface area (Å²) in [4.78, 5) is 11.9. The zero-order chi connectivity index (χ0) is 20.1. The van der Waals surface area contributed by atoms with E-state index in [0.717, 1.165) is 5.56 Å². The quantitative estimate of drug-likeness (QED) is 0.652. The Labute approximate surface area is 160 Å². The van der Waals surface area contributed by atoms with Crippen LogP contribution in [0.2, 0.25) is 0 Å². The minimum Gasteiger partial charge on any atom is -0.444 e. The SMILES string of the molecule is CC(C)(O)C(C)(C)OB(O)c1ccc(NC(=O)OCc2ccccc2)cc1. The van der Waals surface area contributed by atoms with Crippen LogP contribution in [-0.2, 0) is 16.0 Å². The second-order valence-electron chi connectivity index (χ2n) is 7.35. The van der Waals surface area contributed by atoms with Crippen molar-refractivity contribution in [2.75, 3.05) is 5.32 Å². The van der Waals surface area contributed by atoms with Crippen LogP contribution in [0.15, 0.2) is 54.6 Å². The maximum absolute atomic E-state index is 11.9. The van der Waals surface area contributed by atoms with Crippen molar-refractivity contribution in [3.63, 3.8) is 0 Å². The Balaban J connectivity index is 1.89. The van der Waals surface area contributed by atoms with Crippen LogP contribution in [0.4, 0.5) is 10.5 Å². The third kappa shape index (κ3) is 6.10. The predicted molar refractivity (Wildman–Crippen MR) is 106 cm³/mol. The molecule has 0 radical (unpaired) electrons. The lowest BCUT2D eigenvalue weighted by molar-refractivity contribution is -0.0982. The first kappa shape index (κ1) is 21.0. The minimum atomic E-state index is -1.20. The maximum Gasteiger partial charge on any atom is 0.491 e. The van der Waals surface area contributed by atoms with Crippen molar-refractivity contribution >= 4 is 24.4 Å². The first-order chi connectivity index (χ1) is 12.6. The Hall–Kier alpha value is -2.35. The van der Waals surface area contributed by atoms with E-state index in [1.165, 1.54) is 0 Å². The van der Waals surface area contributed by atoms with E-state index in [-0.39, 0.29) is 6.61 Å².